The van der Waals surface area contributed by atoms with Crippen LogP contribution in [0.15, 0.2) is 0 Å². The quantitative estimate of drug-likeness (QED) is 0.866. The molecule has 1 N–H and O–H groups in total. The number of ether oxygens (including phenoxy) is 2. The summed E-state index contributed by atoms with van der Waals surface area (Å²) in [5.74, 6) is 0. The number of hydrogen-bond donors (Lipinski definition) is 1. The Morgan fingerprint density at radius 1 is 1.40 bits per heavy atom. The van der Waals surface area contributed by atoms with E-state index in [9.17, 15) is 4.79 Å². The van der Waals surface area contributed by atoms with E-state index in [0.717, 1.165) is 0 Å². The molecule has 0 radical (unpaired) electrons. The zero-order chi connectivity index (χ0) is 15.7. The van der Waals surface area contributed by atoms with Crippen LogP contribution in [0, 0.1) is 0 Å². The van der Waals surface area contributed by atoms with Crippen LogP contribution in [0.5, 0.6) is 0 Å². The molecule has 1 rings (SSSR count). The lowest BCUT2D eigenvalue weighted by molar-refractivity contribution is -0.0756. The third kappa shape index (κ3) is 4.35. The monoisotopic (exact) mass is 286 g/mol. The van der Waals surface area contributed by atoms with Crippen molar-refractivity contribution in [2.75, 3.05) is 6.54 Å². The van der Waals surface area contributed by atoms with Crippen LogP contribution in [0.3, 0.4) is 0 Å². The minimum absolute atomic E-state index is 0.0243. The molecule has 5 heteroatoms. The van der Waals surface area contributed by atoms with Crippen LogP contribution in [-0.2, 0) is 9.47 Å². The first-order valence-electron chi connectivity index (χ1n) is 7.37. The molecule has 1 aliphatic heterocycles. The van der Waals surface area contributed by atoms with Gasteiger partial charge in [0.2, 0.25) is 0 Å². The largest absolute Gasteiger partial charge is 0.444 e. The maximum Gasteiger partial charge on any atom is 0.412 e. The molecule has 0 spiro atoms. The Kier molecular flexibility index (Phi) is 5.08. The Morgan fingerprint density at radius 3 is 2.40 bits per heavy atom. The number of nitrogens with one attached hydrogen (secondary N) is 1. The fourth-order valence-electron chi connectivity index (χ4n) is 2.48. The van der Waals surface area contributed by atoms with E-state index in [1.807, 2.05) is 41.5 Å². The van der Waals surface area contributed by atoms with Gasteiger partial charge in [-0.05, 0) is 41.5 Å². The van der Waals surface area contributed by atoms with Crippen molar-refractivity contribution in [2.45, 2.75) is 84.9 Å². The van der Waals surface area contributed by atoms with Gasteiger partial charge in [0.15, 0.2) is 0 Å². The Labute approximate surface area is 123 Å². The lowest BCUT2D eigenvalue weighted by Gasteiger charge is -2.35. The predicted octanol–water partition coefficient (Wildman–Crippen LogP) is 2.74. The van der Waals surface area contributed by atoms with E-state index in [-0.39, 0.29) is 18.2 Å². The molecule has 0 unspecified atom stereocenters. The number of rotatable bonds is 3. The van der Waals surface area contributed by atoms with E-state index in [0.29, 0.717) is 12.6 Å². The zero-order valence-electron chi connectivity index (χ0n) is 14.1. The number of amides is 1. The summed E-state index contributed by atoms with van der Waals surface area (Å²) < 4.78 is 11.4. The highest BCUT2D eigenvalue weighted by molar-refractivity contribution is 5.70. The Bertz CT molecular complexity index is 348. The highest BCUT2D eigenvalue weighted by Gasteiger charge is 2.49. The Morgan fingerprint density at radius 2 is 1.95 bits per heavy atom. The van der Waals surface area contributed by atoms with Crippen molar-refractivity contribution in [1.29, 1.82) is 0 Å². The van der Waals surface area contributed by atoms with Crippen LogP contribution in [0.25, 0.3) is 0 Å². The highest BCUT2D eigenvalue weighted by Crippen LogP contribution is 2.33. The van der Waals surface area contributed by atoms with E-state index >= 15 is 0 Å². The van der Waals surface area contributed by atoms with E-state index < -0.39 is 11.3 Å². The molecule has 0 aromatic heterocycles. The molecule has 20 heavy (non-hydrogen) atoms. The van der Waals surface area contributed by atoms with E-state index in [4.69, 9.17) is 9.47 Å². The summed E-state index contributed by atoms with van der Waals surface area (Å²) in [6.45, 7) is 16.3. The number of carbonyl (C=O) groups excluding carboxylic acids is 1. The minimum Gasteiger partial charge on any atom is -0.444 e. The third-order valence-corrected chi connectivity index (χ3v) is 3.25. The van der Waals surface area contributed by atoms with Gasteiger partial charge in [-0.15, -0.1) is 0 Å². The van der Waals surface area contributed by atoms with Crippen LogP contribution in [-0.4, -0.2) is 47.1 Å². The van der Waals surface area contributed by atoms with Crippen LogP contribution < -0.4 is 5.32 Å². The first-order valence-corrected chi connectivity index (χ1v) is 7.37. The Balaban J connectivity index is 2.87. The summed E-state index contributed by atoms with van der Waals surface area (Å²) in [7, 11) is 0. The first-order chi connectivity index (χ1) is 8.94. The van der Waals surface area contributed by atoms with Crippen molar-refractivity contribution in [3.8, 4) is 0 Å². The minimum atomic E-state index is -0.648. The Hall–Kier alpha value is -0.810. The molecule has 1 amide bonds. The second kappa shape index (κ2) is 5.90. The summed E-state index contributed by atoms with van der Waals surface area (Å²) in [6.07, 6.45) is -0.342. The molecule has 0 aromatic carbocycles. The fraction of sp³-hybridized carbons (Fsp3) is 0.933. The van der Waals surface area contributed by atoms with Crippen molar-refractivity contribution < 1.29 is 14.3 Å². The summed E-state index contributed by atoms with van der Waals surface area (Å²) in [5.41, 5.74) is -1.15. The van der Waals surface area contributed by atoms with Crippen molar-refractivity contribution in [2.24, 2.45) is 0 Å². The summed E-state index contributed by atoms with van der Waals surface area (Å²) in [5, 5.41) is 3.37. The smallest absolute Gasteiger partial charge is 0.412 e. The van der Waals surface area contributed by atoms with Gasteiger partial charge in [-0.1, -0.05) is 13.8 Å². The SMILES string of the molecule is CC(C)NC[C@@H]1[C@@H](C)OC(C)(C)N1C(=O)OC(C)(C)C. The van der Waals surface area contributed by atoms with Gasteiger partial charge in [0.1, 0.15) is 11.3 Å². The highest BCUT2D eigenvalue weighted by atomic mass is 16.6. The number of nitrogens with zero attached hydrogens (tertiary/aromatic N) is 1. The van der Waals surface area contributed by atoms with Crippen molar-refractivity contribution >= 4 is 6.09 Å². The molecule has 0 bridgehead atoms. The van der Waals surface area contributed by atoms with Crippen LogP contribution >= 0.6 is 0 Å². The normalized spacial score (nSPS) is 26.1. The molecule has 2 atom stereocenters. The van der Waals surface area contributed by atoms with Gasteiger partial charge in [-0.25, -0.2) is 4.79 Å². The van der Waals surface area contributed by atoms with Gasteiger partial charge in [0, 0.05) is 12.6 Å². The molecule has 118 valence electrons. The van der Waals surface area contributed by atoms with Crippen LogP contribution in [0.4, 0.5) is 4.79 Å². The van der Waals surface area contributed by atoms with Crippen molar-refractivity contribution in [1.82, 2.24) is 10.2 Å². The molecular formula is C15H30N2O3. The number of hydrogen-bond acceptors (Lipinski definition) is 4. The number of carbonyl (C=O) groups is 1. The fourth-order valence-corrected chi connectivity index (χ4v) is 2.48. The van der Waals surface area contributed by atoms with E-state index in [1.54, 1.807) is 4.90 Å². The van der Waals surface area contributed by atoms with Gasteiger partial charge in [-0.3, -0.25) is 4.90 Å². The van der Waals surface area contributed by atoms with Crippen LogP contribution in [0.2, 0.25) is 0 Å². The molecule has 0 saturated carbocycles. The lowest BCUT2D eigenvalue weighted by Crippen LogP contribution is -2.53. The molecule has 1 saturated heterocycles. The average Bonchev–Trinajstić information content (AvgIpc) is 2.41. The average molecular weight is 286 g/mol. The standard InChI is InChI=1S/C15H30N2O3/c1-10(2)16-9-12-11(3)19-15(7,8)17(12)13(18)20-14(4,5)6/h10-12,16H,9H2,1-8H3/t11-,12-/m1/s1. The second-order valence-electron chi connectivity index (χ2n) is 7.25. The molecular weight excluding hydrogens is 256 g/mol. The first kappa shape index (κ1) is 17.2. The second-order valence-corrected chi connectivity index (χ2v) is 7.25. The van der Waals surface area contributed by atoms with Gasteiger partial charge in [0.25, 0.3) is 0 Å². The molecule has 1 heterocycles. The predicted molar refractivity (Wildman–Crippen MR) is 79.6 cm³/mol. The van der Waals surface area contributed by atoms with E-state index in [1.165, 1.54) is 0 Å². The molecule has 5 nitrogen and oxygen atoms in total. The van der Waals surface area contributed by atoms with Crippen LogP contribution in [0.1, 0.15) is 55.4 Å². The molecule has 1 fully saturated rings. The summed E-state index contributed by atoms with van der Waals surface area (Å²) >= 11 is 0. The topological polar surface area (TPSA) is 50.8 Å². The van der Waals surface area contributed by atoms with Gasteiger partial charge >= 0.3 is 6.09 Å². The van der Waals surface area contributed by atoms with Crippen molar-refractivity contribution in [3.05, 3.63) is 0 Å². The van der Waals surface area contributed by atoms with Gasteiger partial charge < -0.3 is 14.8 Å². The van der Waals surface area contributed by atoms with Gasteiger partial charge in [-0.2, -0.15) is 0 Å². The third-order valence-electron chi connectivity index (χ3n) is 3.25. The van der Waals surface area contributed by atoms with E-state index in [2.05, 4.69) is 19.2 Å². The molecule has 0 aromatic rings. The molecule has 0 aliphatic carbocycles. The molecule has 1 aliphatic rings. The maximum absolute atomic E-state index is 12.5. The van der Waals surface area contributed by atoms with Crippen molar-refractivity contribution in [3.63, 3.8) is 0 Å². The zero-order valence-corrected chi connectivity index (χ0v) is 14.1. The lowest BCUT2D eigenvalue weighted by atomic mass is 10.1. The summed E-state index contributed by atoms with van der Waals surface area (Å²) in [6, 6.07) is 0.341. The summed E-state index contributed by atoms with van der Waals surface area (Å²) in [4.78, 5) is 14.2. The van der Waals surface area contributed by atoms with Gasteiger partial charge in [0.05, 0.1) is 12.1 Å². The maximum atomic E-state index is 12.5.